The second-order valence-electron chi connectivity index (χ2n) is 6.11. The maximum atomic E-state index is 11.2. The van der Waals surface area contributed by atoms with Crippen LogP contribution in [0.25, 0.3) is 0 Å². The van der Waals surface area contributed by atoms with Gasteiger partial charge in [-0.2, -0.15) is 0 Å². The fourth-order valence-electron chi connectivity index (χ4n) is 1.32. The molecule has 0 spiro atoms. The highest BCUT2D eigenvalue weighted by atomic mass is 28.4. The Kier molecular flexibility index (Phi) is 4.23. The Morgan fingerprint density at radius 3 is 2.30 bits per heavy atom. The standard InChI is InChI=1S/C13H19NO5Si/c1-13(2,3)20(4,5)19-11-7-6-9(14(17)18)8-10(11)12(15)16/h6-8H,1-5H3,(H,15,16). The molecule has 0 atom stereocenters. The molecule has 0 fully saturated rings. The molecule has 0 saturated heterocycles. The van der Waals surface area contributed by atoms with Gasteiger partial charge in [-0.05, 0) is 24.2 Å². The zero-order valence-corrected chi connectivity index (χ0v) is 13.3. The van der Waals surface area contributed by atoms with Crippen LogP contribution >= 0.6 is 0 Å². The molecule has 0 bridgehead atoms. The summed E-state index contributed by atoms with van der Waals surface area (Å²) in [6, 6.07) is 3.65. The topological polar surface area (TPSA) is 89.7 Å². The molecule has 0 heterocycles. The van der Waals surface area contributed by atoms with Gasteiger partial charge in [0.25, 0.3) is 14.0 Å². The van der Waals surface area contributed by atoms with E-state index in [0.717, 1.165) is 6.07 Å². The lowest BCUT2D eigenvalue weighted by atomic mass is 10.2. The van der Waals surface area contributed by atoms with E-state index in [4.69, 9.17) is 4.43 Å². The van der Waals surface area contributed by atoms with Crippen LogP contribution in [0, 0.1) is 10.1 Å². The highest BCUT2D eigenvalue weighted by Gasteiger charge is 2.39. The minimum Gasteiger partial charge on any atom is -0.543 e. The van der Waals surface area contributed by atoms with Gasteiger partial charge < -0.3 is 9.53 Å². The Morgan fingerprint density at radius 1 is 1.35 bits per heavy atom. The van der Waals surface area contributed by atoms with Crippen LogP contribution < -0.4 is 4.43 Å². The lowest BCUT2D eigenvalue weighted by Crippen LogP contribution is -2.44. The molecule has 0 unspecified atom stereocenters. The number of nitro benzene ring substituents is 1. The molecule has 0 radical (unpaired) electrons. The van der Waals surface area contributed by atoms with E-state index < -0.39 is 19.2 Å². The van der Waals surface area contributed by atoms with Crippen LogP contribution in [0.3, 0.4) is 0 Å². The van der Waals surface area contributed by atoms with Gasteiger partial charge in [0.1, 0.15) is 11.3 Å². The molecule has 1 N–H and O–H groups in total. The number of nitro groups is 1. The number of hydrogen-bond acceptors (Lipinski definition) is 4. The van der Waals surface area contributed by atoms with E-state index in [0.29, 0.717) is 0 Å². The highest BCUT2D eigenvalue weighted by molar-refractivity contribution is 6.74. The van der Waals surface area contributed by atoms with Crippen LogP contribution in [0.5, 0.6) is 5.75 Å². The number of carboxylic acid groups (broad SMARTS) is 1. The molecule has 0 aliphatic carbocycles. The van der Waals surface area contributed by atoms with Gasteiger partial charge in [0.15, 0.2) is 0 Å². The lowest BCUT2D eigenvalue weighted by molar-refractivity contribution is -0.384. The van der Waals surface area contributed by atoms with Crippen molar-refractivity contribution in [3.05, 3.63) is 33.9 Å². The van der Waals surface area contributed by atoms with Crippen molar-refractivity contribution in [3.8, 4) is 5.75 Å². The van der Waals surface area contributed by atoms with Crippen molar-refractivity contribution in [2.24, 2.45) is 0 Å². The second-order valence-corrected chi connectivity index (χ2v) is 10.8. The van der Waals surface area contributed by atoms with Gasteiger partial charge in [0.2, 0.25) is 0 Å². The van der Waals surface area contributed by atoms with Gasteiger partial charge in [-0.25, -0.2) is 4.79 Å². The average molecular weight is 297 g/mol. The third-order valence-electron chi connectivity index (χ3n) is 3.58. The fourth-order valence-corrected chi connectivity index (χ4v) is 2.35. The monoisotopic (exact) mass is 297 g/mol. The van der Waals surface area contributed by atoms with Crippen LogP contribution in [-0.2, 0) is 0 Å². The summed E-state index contributed by atoms with van der Waals surface area (Å²) in [7, 11) is -2.20. The number of nitrogens with zero attached hydrogens (tertiary/aromatic N) is 1. The van der Waals surface area contributed by atoms with E-state index in [2.05, 4.69) is 0 Å². The molecule has 110 valence electrons. The van der Waals surface area contributed by atoms with Crippen molar-refractivity contribution >= 4 is 20.0 Å². The van der Waals surface area contributed by atoms with Gasteiger partial charge >= 0.3 is 5.97 Å². The highest BCUT2D eigenvalue weighted by Crippen LogP contribution is 2.38. The van der Waals surface area contributed by atoms with Gasteiger partial charge in [-0.15, -0.1) is 0 Å². The molecule has 6 nitrogen and oxygen atoms in total. The van der Waals surface area contributed by atoms with Gasteiger partial charge in [-0.1, -0.05) is 20.8 Å². The normalized spacial score (nSPS) is 12.1. The molecular weight excluding hydrogens is 278 g/mol. The first-order valence-electron chi connectivity index (χ1n) is 6.16. The SMILES string of the molecule is CC(C)(C)[Si](C)(C)Oc1ccc([N+](=O)[O-])cc1C(=O)O. The smallest absolute Gasteiger partial charge is 0.339 e. The van der Waals surface area contributed by atoms with Crippen molar-refractivity contribution in [1.82, 2.24) is 0 Å². The van der Waals surface area contributed by atoms with Gasteiger partial charge in [0, 0.05) is 12.1 Å². The van der Waals surface area contributed by atoms with E-state index in [1.54, 1.807) is 0 Å². The number of carbonyl (C=O) groups is 1. The molecule has 1 aromatic rings. The number of hydrogen-bond donors (Lipinski definition) is 1. The van der Waals surface area contributed by atoms with Crippen LogP contribution in [0.1, 0.15) is 31.1 Å². The third kappa shape index (κ3) is 3.35. The molecule has 0 aliphatic heterocycles. The first-order valence-corrected chi connectivity index (χ1v) is 9.07. The van der Waals surface area contributed by atoms with Crippen LogP contribution in [0.15, 0.2) is 18.2 Å². The Hall–Kier alpha value is -1.89. The fraction of sp³-hybridized carbons (Fsp3) is 0.462. The predicted octanol–water partition coefficient (Wildman–Crippen LogP) is 3.68. The molecule has 1 aromatic carbocycles. The van der Waals surface area contributed by atoms with E-state index in [1.165, 1.54) is 12.1 Å². The number of carboxylic acids is 1. The summed E-state index contributed by atoms with van der Waals surface area (Å²) in [4.78, 5) is 21.3. The zero-order chi connectivity index (χ0) is 15.7. The Morgan fingerprint density at radius 2 is 1.90 bits per heavy atom. The van der Waals surface area contributed by atoms with E-state index in [1.807, 2.05) is 33.9 Å². The van der Waals surface area contributed by atoms with Crippen LogP contribution in [0.2, 0.25) is 18.1 Å². The van der Waals surface area contributed by atoms with Crippen molar-refractivity contribution in [2.75, 3.05) is 0 Å². The molecule has 0 aliphatic rings. The van der Waals surface area contributed by atoms with E-state index in [-0.39, 0.29) is 22.0 Å². The number of aromatic carboxylic acids is 1. The summed E-state index contributed by atoms with van der Waals surface area (Å²) in [5.41, 5.74) is -0.436. The minimum absolute atomic E-state index is 0.0927. The van der Waals surface area contributed by atoms with Crippen molar-refractivity contribution in [3.63, 3.8) is 0 Å². The average Bonchev–Trinajstić information content (AvgIpc) is 2.26. The lowest BCUT2D eigenvalue weighted by Gasteiger charge is -2.36. The van der Waals surface area contributed by atoms with Crippen LogP contribution in [0.4, 0.5) is 5.69 Å². The summed E-state index contributed by atoms with van der Waals surface area (Å²) in [5.74, 6) is -1.04. The Bertz CT molecular complexity index is 548. The Labute approximate surface area is 118 Å². The first-order chi connectivity index (χ1) is 8.95. The minimum atomic E-state index is -2.20. The molecule has 7 heteroatoms. The predicted molar refractivity (Wildman–Crippen MR) is 77.9 cm³/mol. The molecule has 0 aromatic heterocycles. The molecule has 0 amide bonds. The second kappa shape index (κ2) is 5.24. The maximum Gasteiger partial charge on any atom is 0.339 e. The summed E-state index contributed by atoms with van der Waals surface area (Å²) >= 11 is 0. The molecule has 0 saturated carbocycles. The molecule has 1 rings (SSSR count). The summed E-state index contributed by atoms with van der Waals surface area (Å²) in [6.07, 6.45) is 0. The molecule has 20 heavy (non-hydrogen) atoms. The van der Waals surface area contributed by atoms with Gasteiger partial charge in [0.05, 0.1) is 4.92 Å². The zero-order valence-electron chi connectivity index (χ0n) is 12.3. The summed E-state index contributed by atoms with van der Waals surface area (Å²) in [5, 5.41) is 19.8. The molecular formula is C13H19NO5Si. The quantitative estimate of drug-likeness (QED) is 0.520. The number of rotatable bonds is 4. The van der Waals surface area contributed by atoms with E-state index >= 15 is 0 Å². The largest absolute Gasteiger partial charge is 0.543 e. The summed E-state index contributed by atoms with van der Waals surface area (Å²) < 4.78 is 5.93. The first kappa shape index (κ1) is 16.2. The van der Waals surface area contributed by atoms with Crippen molar-refractivity contribution in [2.45, 2.75) is 38.9 Å². The number of non-ortho nitro benzene ring substituents is 1. The summed E-state index contributed by atoms with van der Waals surface area (Å²) in [6.45, 7) is 10.1. The van der Waals surface area contributed by atoms with Crippen molar-refractivity contribution in [1.29, 1.82) is 0 Å². The van der Waals surface area contributed by atoms with Crippen molar-refractivity contribution < 1.29 is 19.3 Å². The van der Waals surface area contributed by atoms with Crippen LogP contribution in [-0.4, -0.2) is 24.3 Å². The number of benzene rings is 1. The van der Waals surface area contributed by atoms with Gasteiger partial charge in [-0.3, -0.25) is 10.1 Å². The van der Waals surface area contributed by atoms with E-state index in [9.17, 15) is 20.0 Å². The maximum absolute atomic E-state index is 11.2. The third-order valence-corrected chi connectivity index (χ3v) is 7.92. The Balaban J connectivity index is 3.26.